The maximum absolute atomic E-state index is 3.82. The number of para-hydroxylation sites is 1. The zero-order valence-corrected chi connectivity index (χ0v) is 18.3. The van der Waals surface area contributed by atoms with Gasteiger partial charge in [0, 0.05) is 17.9 Å². The zero-order chi connectivity index (χ0) is 21.2. The first kappa shape index (κ1) is 21.6. The molecule has 0 spiro atoms. The fourth-order valence-electron chi connectivity index (χ4n) is 3.76. The Bertz CT molecular complexity index is 941. The SMILES string of the molecule is C=C/C=C\CN(c1ccc(/C2=C/C=C\C/C=C\C2)cc1)c1ccccc1C(C)CC. The number of benzene rings is 2. The monoisotopic (exact) mass is 395 g/mol. The Morgan fingerprint density at radius 3 is 2.60 bits per heavy atom. The van der Waals surface area contributed by atoms with Crippen LogP contribution in [0.1, 0.15) is 50.2 Å². The zero-order valence-electron chi connectivity index (χ0n) is 18.3. The summed E-state index contributed by atoms with van der Waals surface area (Å²) in [6.07, 6.45) is 20.2. The summed E-state index contributed by atoms with van der Waals surface area (Å²) in [4.78, 5) is 2.40. The molecule has 0 heterocycles. The van der Waals surface area contributed by atoms with Gasteiger partial charge in [-0.15, -0.1) is 0 Å². The molecule has 154 valence electrons. The molecule has 3 rings (SSSR count). The molecule has 1 aliphatic rings. The van der Waals surface area contributed by atoms with Crippen molar-refractivity contribution < 1.29 is 0 Å². The molecular formula is C29H33N. The van der Waals surface area contributed by atoms with Gasteiger partial charge in [-0.3, -0.25) is 0 Å². The van der Waals surface area contributed by atoms with E-state index in [9.17, 15) is 0 Å². The van der Waals surface area contributed by atoms with Crippen molar-refractivity contribution in [3.05, 3.63) is 115 Å². The fourth-order valence-corrected chi connectivity index (χ4v) is 3.76. The minimum atomic E-state index is 0.519. The number of allylic oxidation sites excluding steroid dienone is 8. The molecule has 1 atom stereocenters. The van der Waals surface area contributed by atoms with E-state index in [4.69, 9.17) is 0 Å². The topological polar surface area (TPSA) is 3.24 Å². The average Bonchev–Trinajstić information content (AvgIpc) is 2.76. The Balaban J connectivity index is 1.96. The maximum Gasteiger partial charge on any atom is 0.0448 e. The van der Waals surface area contributed by atoms with Crippen LogP contribution in [0.25, 0.3) is 5.57 Å². The molecule has 0 N–H and O–H groups in total. The van der Waals surface area contributed by atoms with Gasteiger partial charge in [-0.25, -0.2) is 0 Å². The Hall–Kier alpha value is -3.06. The first-order chi connectivity index (χ1) is 14.7. The molecule has 1 unspecified atom stereocenters. The van der Waals surface area contributed by atoms with E-state index in [2.05, 4.69) is 110 Å². The van der Waals surface area contributed by atoms with Gasteiger partial charge in [0.1, 0.15) is 0 Å². The van der Waals surface area contributed by atoms with Crippen LogP contribution in [0.2, 0.25) is 0 Å². The Kier molecular flexibility index (Phi) is 8.09. The van der Waals surface area contributed by atoms with Crippen molar-refractivity contribution in [3.63, 3.8) is 0 Å². The molecule has 0 aliphatic heterocycles. The van der Waals surface area contributed by atoms with Crippen LogP contribution >= 0.6 is 0 Å². The second-order valence-electron chi connectivity index (χ2n) is 7.72. The average molecular weight is 396 g/mol. The third-order valence-electron chi connectivity index (χ3n) is 5.69. The summed E-state index contributed by atoms with van der Waals surface area (Å²) >= 11 is 0. The van der Waals surface area contributed by atoms with Gasteiger partial charge < -0.3 is 4.90 Å². The predicted octanol–water partition coefficient (Wildman–Crippen LogP) is 8.37. The van der Waals surface area contributed by atoms with Gasteiger partial charge in [0.15, 0.2) is 0 Å². The van der Waals surface area contributed by atoms with E-state index in [-0.39, 0.29) is 0 Å². The highest BCUT2D eigenvalue weighted by molar-refractivity contribution is 5.73. The fraction of sp³-hybridized carbons (Fsp3) is 0.241. The van der Waals surface area contributed by atoms with E-state index in [1.807, 2.05) is 12.2 Å². The standard InChI is InChI=1S/C29H33N/c1-4-6-14-23-30(29-18-13-12-17-28(29)24(3)5-2)27-21-19-26(20-22-27)25-15-10-8-7-9-11-16-25/h4,6,8-15,17-22,24H,1,5,7,16,23H2,2-3H3/b10-8-,11-9-,14-6-,25-15+. The van der Waals surface area contributed by atoms with E-state index in [1.165, 1.54) is 28.1 Å². The van der Waals surface area contributed by atoms with Crippen molar-refractivity contribution in [3.8, 4) is 0 Å². The molecule has 0 bridgehead atoms. The number of rotatable bonds is 8. The molecule has 30 heavy (non-hydrogen) atoms. The Morgan fingerprint density at radius 1 is 1.03 bits per heavy atom. The predicted molar refractivity (Wildman–Crippen MR) is 133 cm³/mol. The molecule has 0 saturated heterocycles. The lowest BCUT2D eigenvalue weighted by Crippen LogP contribution is -2.19. The second-order valence-corrected chi connectivity index (χ2v) is 7.72. The third-order valence-corrected chi connectivity index (χ3v) is 5.69. The van der Waals surface area contributed by atoms with Crippen LogP contribution in [-0.2, 0) is 0 Å². The quantitative estimate of drug-likeness (QED) is 0.320. The van der Waals surface area contributed by atoms with E-state index in [1.54, 1.807) is 0 Å². The highest BCUT2D eigenvalue weighted by Crippen LogP contribution is 2.35. The van der Waals surface area contributed by atoms with Crippen molar-refractivity contribution in [1.29, 1.82) is 0 Å². The Labute approximate surface area is 182 Å². The van der Waals surface area contributed by atoms with Crippen LogP contribution < -0.4 is 4.90 Å². The molecule has 0 aromatic heterocycles. The van der Waals surface area contributed by atoms with Crippen molar-refractivity contribution in [2.45, 2.75) is 39.0 Å². The molecule has 0 radical (unpaired) electrons. The number of hydrogen-bond donors (Lipinski definition) is 0. The van der Waals surface area contributed by atoms with Gasteiger partial charge in [-0.1, -0.05) is 99.4 Å². The molecular weight excluding hydrogens is 362 g/mol. The summed E-state index contributed by atoms with van der Waals surface area (Å²) in [6.45, 7) is 9.19. The van der Waals surface area contributed by atoms with E-state index >= 15 is 0 Å². The molecule has 0 fully saturated rings. The molecule has 2 aromatic rings. The number of hydrogen-bond acceptors (Lipinski definition) is 1. The van der Waals surface area contributed by atoms with Crippen molar-refractivity contribution >= 4 is 16.9 Å². The highest BCUT2D eigenvalue weighted by atomic mass is 15.1. The summed E-state index contributed by atoms with van der Waals surface area (Å²) in [5.74, 6) is 0.519. The van der Waals surface area contributed by atoms with Gasteiger partial charge in [0.2, 0.25) is 0 Å². The number of anilines is 2. The molecule has 1 heteroatoms. The molecule has 0 amide bonds. The summed E-state index contributed by atoms with van der Waals surface area (Å²) in [6, 6.07) is 17.8. The summed E-state index contributed by atoms with van der Waals surface area (Å²) in [5, 5.41) is 0. The lowest BCUT2D eigenvalue weighted by Gasteiger charge is -2.28. The van der Waals surface area contributed by atoms with Crippen LogP contribution in [0.15, 0.2) is 104 Å². The Morgan fingerprint density at radius 2 is 1.83 bits per heavy atom. The molecule has 2 aromatic carbocycles. The normalized spacial score (nSPS) is 18.7. The van der Waals surface area contributed by atoms with Crippen LogP contribution in [0, 0.1) is 0 Å². The van der Waals surface area contributed by atoms with Gasteiger partial charge in [0.05, 0.1) is 0 Å². The molecule has 1 aliphatic carbocycles. The van der Waals surface area contributed by atoms with Crippen molar-refractivity contribution in [2.75, 3.05) is 11.4 Å². The second kappa shape index (κ2) is 11.2. The summed E-state index contributed by atoms with van der Waals surface area (Å²) < 4.78 is 0. The van der Waals surface area contributed by atoms with Gasteiger partial charge in [-0.05, 0) is 60.1 Å². The van der Waals surface area contributed by atoms with Gasteiger partial charge in [-0.2, -0.15) is 0 Å². The van der Waals surface area contributed by atoms with E-state index in [0.717, 1.165) is 25.8 Å². The largest absolute Gasteiger partial charge is 0.337 e. The van der Waals surface area contributed by atoms with E-state index < -0.39 is 0 Å². The lowest BCUT2D eigenvalue weighted by molar-refractivity contribution is 0.731. The summed E-state index contributed by atoms with van der Waals surface area (Å²) in [7, 11) is 0. The lowest BCUT2D eigenvalue weighted by atomic mass is 9.95. The third kappa shape index (κ3) is 5.51. The van der Waals surface area contributed by atoms with Crippen LogP contribution in [0.5, 0.6) is 0 Å². The molecule has 1 nitrogen and oxygen atoms in total. The maximum atomic E-state index is 3.82. The summed E-state index contributed by atoms with van der Waals surface area (Å²) in [5.41, 5.74) is 6.53. The van der Waals surface area contributed by atoms with Crippen LogP contribution in [0.4, 0.5) is 11.4 Å². The minimum Gasteiger partial charge on any atom is -0.337 e. The van der Waals surface area contributed by atoms with Gasteiger partial charge >= 0.3 is 0 Å². The van der Waals surface area contributed by atoms with Crippen LogP contribution in [-0.4, -0.2) is 6.54 Å². The van der Waals surface area contributed by atoms with E-state index in [0.29, 0.717) is 5.92 Å². The smallest absolute Gasteiger partial charge is 0.0448 e. The number of nitrogens with zero attached hydrogens (tertiary/aromatic N) is 1. The molecule has 0 saturated carbocycles. The first-order valence-corrected chi connectivity index (χ1v) is 11.0. The van der Waals surface area contributed by atoms with Crippen molar-refractivity contribution in [2.24, 2.45) is 0 Å². The highest BCUT2D eigenvalue weighted by Gasteiger charge is 2.15. The first-order valence-electron chi connectivity index (χ1n) is 11.0. The van der Waals surface area contributed by atoms with Gasteiger partial charge in [0.25, 0.3) is 0 Å². The van der Waals surface area contributed by atoms with Crippen molar-refractivity contribution in [1.82, 2.24) is 0 Å². The van der Waals surface area contributed by atoms with Crippen LogP contribution in [0.3, 0.4) is 0 Å². The minimum absolute atomic E-state index is 0.519.